The summed E-state index contributed by atoms with van der Waals surface area (Å²) in [5.41, 5.74) is 1.75. The first-order valence-electron chi connectivity index (χ1n) is 7.54. The highest BCUT2D eigenvalue weighted by molar-refractivity contribution is 7.15. The smallest absolute Gasteiger partial charge is 0.347 e. The van der Waals surface area contributed by atoms with Gasteiger partial charge in [0.15, 0.2) is 4.47 Å². The lowest BCUT2D eigenvalue weighted by Gasteiger charge is -2.10. The van der Waals surface area contributed by atoms with E-state index in [0.29, 0.717) is 21.9 Å². The van der Waals surface area contributed by atoms with Crippen LogP contribution < -0.4 is 10.9 Å². The SMILES string of the molecule is O=c1oc(-c2ccccc2NCc2cnc(Cl)s2)nc2ccccc12. The zero-order valence-electron chi connectivity index (χ0n) is 12.9. The van der Waals surface area contributed by atoms with Gasteiger partial charge in [-0.1, -0.05) is 35.9 Å². The lowest BCUT2D eigenvalue weighted by Crippen LogP contribution is -2.04. The topological polar surface area (TPSA) is 68.0 Å². The maximum Gasteiger partial charge on any atom is 0.347 e. The summed E-state index contributed by atoms with van der Waals surface area (Å²) in [6.07, 6.45) is 1.73. The highest BCUT2D eigenvalue weighted by Gasteiger charge is 2.12. The van der Waals surface area contributed by atoms with Crippen molar-refractivity contribution in [3.63, 3.8) is 0 Å². The van der Waals surface area contributed by atoms with Gasteiger partial charge in [0.05, 0.1) is 23.0 Å². The van der Waals surface area contributed by atoms with Gasteiger partial charge in [0, 0.05) is 16.8 Å². The number of rotatable bonds is 4. The molecule has 2 aromatic carbocycles. The van der Waals surface area contributed by atoms with Gasteiger partial charge in [-0.15, -0.1) is 11.3 Å². The van der Waals surface area contributed by atoms with Crippen molar-refractivity contribution >= 4 is 39.5 Å². The number of benzene rings is 2. The molecule has 0 bridgehead atoms. The van der Waals surface area contributed by atoms with Gasteiger partial charge in [0.2, 0.25) is 5.89 Å². The molecule has 0 aliphatic heterocycles. The lowest BCUT2D eigenvalue weighted by molar-refractivity contribution is 0.518. The number of nitrogens with zero attached hydrogens (tertiary/aromatic N) is 2. The van der Waals surface area contributed by atoms with Gasteiger partial charge in [0.25, 0.3) is 0 Å². The number of nitrogens with one attached hydrogen (secondary N) is 1. The number of anilines is 1. The van der Waals surface area contributed by atoms with Crippen LogP contribution in [0.3, 0.4) is 0 Å². The van der Waals surface area contributed by atoms with Crippen molar-refractivity contribution in [1.29, 1.82) is 0 Å². The standard InChI is InChI=1S/C18H12ClN3O2S/c19-18-21-10-11(25-18)9-20-14-7-3-1-5-12(14)16-22-15-8-4-2-6-13(15)17(23)24-16/h1-8,10,20H,9H2. The van der Waals surface area contributed by atoms with E-state index < -0.39 is 5.63 Å². The van der Waals surface area contributed by atoms with Crippen LogP contribution in [0.25, 0.3) is 22.4 Å². The Morgan fingerprint density at radius 3 is 2.76 bits per heavy atom. The van der Waals surface area contributed by atoms with Gasteiger partial charge in [-0.05, 0) is 24.3 Å². The minimum atomic E-state index is -0.398. The van der Waals surface area contributed by atoms with E-state index in [2.05, 4.69) is 15.3 Å². The second-order valence-corrected chi connectivity index (χ2v) is 7.00. The van der Waals surface area contributed by atoms with Crippen molar-refractivity contribution in [3.05, 3.63) is 74.5 Å². The molecule has 0 radical (unpaired) electrons. The summed E-state index contributed by atoms with van der Waals surface area (Å²) in [6, 6.07) is 14.7. The lowest BCUT2D eigenvalue weighted by atomic mass is 10.1. The van der Waals surface area contributed by atoms with E-state index in [0.717, 1.165) is 16.1 Å². The van der Waals surface area contributed by atoms with E-state index in [1.165, 1.54) is 11.3 Å². The fraction of sp³-hybridized carbons (Fsp3) is 0.0556. The summed E-state index contributed by atoms with van der Waals surface area (Å²) in [7, 11) is 0. The molecule has 0 amide bonds. The van der Waals surface area contributed by atoms with Crippen molar-refractivity contribution < 1.29 is 4.42 Å². The van der Waals surface area contributed by atoms with Crippen LogP contribution in [0.15, 0.2) is 63.9 Å². The molecule has 2 aromatic heterocycles. The molecule has 0 fully saturated rings. The third-order valence-corrected chi connectivity index (χ3v) is 4.79. The molecule has 1 N–H and O–H groups in total. The van der Waals surface area contributed by atoms with Crippen LogP contribution in [0, 0.1) is 0 Å². The number of hydrogen-bond donors (Lipinski definition) is 1. The van der Waals surface area contributed by atoms with Crippen molar-refractivity contribution in [2.45, 2.75) is 6.54 Å². The molecule has 25 heavy (non-hydrogen) atoms. The summed E-state index contributed by atoms with van der Waals surface area (Å²) in [6.45, 7) is 0.569. The molecular formula is C18H12ClN3O2S. The second kappa shape index (κ2) is 6.66. The fourth-order valence-corrected chi connectivity index (χ4v) is 3.42. The van der Waals surface area contributed by atoms with Crippen LogP contribution >= 0.6 is 22.9 Å². The predicted molar refractivity (Wildman–Crippen MR) is 100 cm³/mol. The van der Waals surface area contributed by atoms with E-state index in [1.807, 2.05) is 30.3 Å². The molecule has 7 heteroatoms. The summed E-state index contributed by atoms with van der Waals surface area (Å²) < 4.78 is 5.94. The Bertz CT molecular complexity index is 1110. The van der Waals surface area contributed by atoms with E-state index >= 15 is 0 Å². The Morgan fingerprint density at radius 1 is 1.12 bits per heavy atom. The third-order valence-electron chi connectivity index (χ3n) is 3.67. The number of hydrogen-bond acceptors (Lipinski definition) is 6. The molecule has 0 unspecified atom stereocenters. The normalized spacial score (nSPS) is 10.9. The third kappa shape index (κ3) is 3.26. The summed E-state index contributed by atoms with van der Waals surface area (Å²) >= 11 is 7.28. The van der Waals surface area contributed by atoms with Crippen LogP contribution in [-0.2, 0) is 6.54 Å². The molecule has 5 nitrogen and oxygen atoms in total. The van der Waals surface area contributed by atoms with Crippen molar-refractivity contribution in [3.8, 4) is 11.5 Å². The summed E-state index contributed by atoms with van der Waals surface area (Å²) in [4.78, 5) is 21.7. The van der Waals surface area contributed by atoms with Crippen molar-refractivity contribution in [1.82, 2.24) is 9.97 Å². The van der Waals surface area contributed by atoms with Crippen molar-refractivity contribution in [2.24, 2.45) is 0 Å². The summed E-state index contributed by atoms with van der Waals surface area (Å²) in [5.74, 6) is 0.286. The highest BCUT2D eigenvalue weighted by atomic mass is 35.5. The maximum atomic E-state index is 12.2. The van der Waals surface area contributed by atoms with Gasteiger partial charge < -0.3 is 9.73 Å². The zero-order valence-corrected chi connectivity index (χ0v) is 14.5. The molecule has 0 aliphatic rings. The molecule has 0 aliphatic carbocycles. The average Bonchev–Trinajstić information content (AvgIpc) is 3.05. The van der Waals surface area contributed by atoms with Crippen LogP contribution in [-0.4, -0.2) is 9.97 Å². The van der Waals surface area contributed by atoms with E-state index in [1.54, 1.807) is 24.4 Å². The molecule has 124 valence electrons. The first kappa shape index (κ1) is 15.8. The number of fused-ring (bicyclic) bond motifs is 1. The van der Waals surface area contributed by atoms with Crippen molar-refractivity contribution in [2.75, 3.05) is 5.32 Å². The first-order chi connectivity index (χ1) is 12.2. The van der Waals surface area contributed by atoms with Crippen LogP contribution in [0.1, 0.15) is 4.88 Å². The highest BCUT2D eigenvalue weighted by Crippen LogP contribution is 2.28. The Hall–Kier alpha value is -2.70. The van der Waals surface area contributed by atoms with Crippen LogP contribution in [0.5, 0.6) is 0 Å². The molecule has 0 saturated heterocycles. The van der Waals surface area contributed by atoms with Gasteiger partial charge in [0.1, 0.15) is 0 Å². The Morgan fingerprint density at radius 2 is 1.92 bits per heavy atom. The molecule has 0 atom stereocenters. The monoisotopic (exact) mass is 369 g/mol. The number of para-hydroxylation sites is 2. The van der Waals surface area contributed by atoms with E-state index in [9.17, 15) is 4.79 Å². The average molecular weight is 370 g/mol. The van der Waals surface area contributed by atoms with Gasteiger partial charge in [-0.3, -0.25) is 0 Å². The van der Waals surface area contributed by atoms with Gasteiger partial charge in [-0.25, -0.2) is 14.8 Å². The number of halogens is 1. The first-order valence-corrected chi connectivity index (χ1v) is 8.73. The molecule has 2 heterocycles. The van der Waals surface area contributed by atoms with Crippen LogP contribution in [0.4, 0.5) is 5.69 Å². The molecule has 0 saturated carbocycles. The Kier molecular flexibility index (Phi) is 4.21. The quantitative estimate of drug-likeness (QED) is 0.570. The Balaban J connectivity index is 1.72. The summed E-state index contributed by atoms with van der Waals surface area (Å²) in [5, 5.41) is 3.79. The second-order valence-electron chi connectivity index (χ2n) is 5.30. The van der Waals surface area contributed by atoms with Crippen LogP contribution in [0.2, 0.25) is 4.47 Å². The van der Waals surface area contributed by atoms with Gasteiger partial charge >= 0.3 is 5.63 Å². The zero-order chi connectivity index (χ0) is 17.2. The number of thiazole rings is 1. The van der Waals surface area contributed by atoms with E-state index in [4.69, 9.17) is 16.0 Å². The largest absolute Gasteiger partial charge is 0.403 e. The minimum Gasteiger partial charge on any atom is -0.403 e. The molecule has 4 rings (SSSR count). The molecule has 0 spiro atoms. The van der Waals surface area contributed by atoms with Gasteiger partial charge in [-0.2, -0.15) is 0 Å². The fourth-order valence-electron chi connectivity index (χ4n) is 2.51. The molecular weight excluding hydrogens is 358 g/mol. The predicted octanol–water partition coefficient (Wildman–Crippen LogP) is 4.58. The molecule has 4 aromatic rings. The maximum absolute atomic E-state index is 12.2. The Labute approximate surface area is 151 Å². The van der Waals surface area contributed by atoms with E-state index in [-0.39, 0.29) is 5.89 Å². The number of aromatic nitrogens is 2. The minimum absolute atomic E-state index is 0.286.